The van der Waals surface area contributed by atoms with Crippen LogP contribution < -0.4 is 0 Å². The van der Waals surface area contributed by atoms with Crippen molar-refractivity contribution in [3.63, 3.8) is 0 Å². The molecule has 0 amide bonds. The molecule has 87 valence electrons. The first kappa shape index (κ1) is 12.2. The Morgan fingerprint density at radius 2 is 1.88 bits per heavy atom. The van der Waals surface area contributed by atoms with Crippen LogP contribution in [0.5, 0.6) is 0 Å². The Kier molecular flexibility index (Phi) is 3.86. The SMILES string of the molecule is Cc1ccc(C[C@@H](C)c2[c]ccc(Cl)c2)cc1. The zero-order valence-corrected chi connectivity index (χ0v) is 11.0. The van der Waals surface area contributed by atoms with Crippen molar-refractivity contribution in [3.8, 4) is 0 Å². The van der Waals surface area contributed by atoms with Crippen molar-refractivity contribution in [2.45, 2.75) is 26.2 Å². The first-order chi connectivity index (χ1) is 8.15. The Morgan fingerprint density at radius 3 is 2.53 bits per heavy atom. The molecular formula is C16H16Cl. The average Bonchev–Trinajstić information content (AvgIpc) is 2.32. The van der Waals surface area contributed by atoms with Crippen LogP contribution in [0.3, 0.4) is 0 Å². The monoisotopic (exact) mass is 243 g/mol. The van der Waals surface area contributed by atoms with Gasteiger partial charge in [-0.3, -0.25) is 0 Å². The lowest BCUT2D eigenvalue weighted by Gasteiger charge is -2.12. The van der Waals surface area contributed by atoms with Crippen molar-refractivity contribution >= 4 is 11.6 Å². The normalized spacial score (nSPS) is 12.4. The highest BCUT2D eigenvalue weighted by Gasteiger charge is 2.07. The predicted octanol–water partition coefficient (Wildman–Crippen LogP) is 4.79. The summed E-state index contributed by atoms with van der Waals surface area (Å²) >= 11 is 5.99. The zero-order valence-electron chi connectivity index (χ0n) is 10.2. The molecule has 0 heterocycles. The van der Waals surface area contributed by atoms with E-state index >= 15 is 0 Å². The highest BCUT2D eigenvalue weighted by atomic mass is 35.5. The van der Waals surface area contributed by atoms with Crippen molar-refractivity contribution in [1.29, 1.82) is 0 Å². The highest BCUT2D eigenvalue weighted by molar-refractivity contribution is 6.30. The van der Waals surface area contributed by atoms with E-state index < -0.39 is 0 Å². The molecule has 2 rings (SSSR count). The Balaban J connectivity index is 2.11. The minimum Gasteiger partial charge on any atom is -0.0843 e. The third-order valence-corrected chi connectivity index (χ3v) is 3.21. The van der Waals surface area contributed by atoms with Gasteiger partial charge < -0.3 is 0 Å². The highest BCUT2D eigenvalue weighted by Crippen LogP contribution is 2.22. The zero-order chi connectivity index (χ0) is 12.3. The van der Waals surface area contributed by atoms with Gasteiger partial charge in [-0.25, -0.2) is 0 Å². The van der Waals surface area contributed by atoms with Gasteiger partial charge in [-0.1, -0.05) is 54.4 Å². The third-order valence-electron chi connectivity index (χ3n) is 2.98. The van der Waals surface area contributed by atoms with Gasteiger partial charge in [-0.2, -0.15) is 0 Å². The van der Waals surface area contributed by atoms with E-state index in [2.05, 4.69) is 44.2 Å². The molecule has 1 heteroatoms. The Labute approximate surface area is 108 Å². The minimum atomic E-state index is 0.441. The van der Waals surface area contributed by atoms with Gasteiger partial charge in [-0.15, -0.1) is 0 Å². The summed E-state index contributed by atoms with van der Waals surface area (Å²) in [4.78, 5) is 0. The molecule has 0 nitrogen and oxygen atoms in total. The van der Waals surface area contributed by atoms with Crippen LogP contribution in [0.15, 0.2) is 42.5 Å². The number of benzene rings is 2. The van der Waals surface area contributed by atoms with Crippen LogP contribution in [0.1, 0.15) is 29.5 Å². The molecular weight excluding hydrogens is 228 g/mol. The van der Waals surface area contributed by atoms with Gasteiger partial charge in [0.1, 0.15) is 0 Å². The second kappa shape index (κ2) is 5.37. The summed E-state index contributed by atoms with van der Waals surface area (Å²) in [5.41, 5.74) is 3.84. The summed E-state index contributed by atoms with van der Waals surface area (Å²) in [5, 5.41) is 0.787. The smallest absolute Gasteiger partial charge is 0.0409 e. The Bertz CT molecular complexity index is 485. The summed E-state index contributed by atoms with van der Waals surface area (Å²) in [6.45, 7) is 4.32. The van der Waals surface area contributed by atoms with E-state index in [0.29, 0.717) is 5.92 Å². The number of hydrogen-bond acceptors (Lipinski definition) is 0. The second-order valence-corrected chi connectivity index (χ2v) is 4.99. The van der Waals surface area contributed by atoms with Gasteiger partial charge in [0.05, 0.1) is 0 Å². The fourth-order valence-corrected chi connectivity index (χ4v) is 2.11. The predicted molar refractivity (Wildman–Crippen MR) is 73.6 cm³/mol. The van der Waals surface area contributed by atoms with Crippen molar-refractivity contribution in [2.75, 3.05) is 0 Å². The van der Waals surface area contributed by atoms with E-state index in [1.807, 2.05) is 18.2 Å². The van der Waals surface area contributed by atoms with E-state index in [1.54, 1.807) is 0 Å². The summed E-state index contributed by atoms with van der Waals surface area (Å²) in [7, 11) is 0. The third kappa shape index (κ3) is 3.34. The molecule has 0 spiro atoms. The van der Waals surface area contributed by atoms with Crippen LogP contribution >= 0.6 is 11.6 Å². The molecule has 1 radical (unpaired) electrons. The molecule has 2 aromatic rings. The molecule has 17 heavy (non-hydrogen) atoms. The maximum absolute atomic E-state index is 5.99. The molecule has 0 aliphatic rings. The lowest BCUT2D eigenvalue weighted by molar-refractivity contribution is 0.758. The molecule has 0 fully saturated rings. The molecule has 0 unspecified atom stereocenters. The molecule has 0 aliphatic carbocycles. The van der Waals surface area contributed by atoms with Gasteiger partial charge in [-0.05, 0) is 48.6 Å². The lowest BCUT2D eigenvalue weighted by atomic mass is 9.93. The molecule has 1 atom stereocenters. The van der Waals surface area contributed by atoms with Crippen molar-refractivity contribution < 1.29 is 0 Å². The number of rotatable bonds is 3. The standard InChI is InChI=1S/C16H16Cl/c1-12-6-8-14(9-7-12)10-13(2)15-4-3-5-16(17)11-15/h3,5-9,11,13H,10H2,1-2H3/t13-/m1/s1. The summed E-state index contributed by atoms with van der Waals surface area (Å²) in [6.07, 6.45) is 1.02. The topological polar surface area (TPSA) is 0 Å². The van der Waals surface area contributed by atoms with Crippen molar-refractivity contribution in [3.05, 3.63) is 70.2 Å². The Hall–Kier alpha value is -1.27. The van der Waals surface area contributed by atoms with E-state index in [0.717, 1.165) is 11.4 Å². The van der Waals surface area contributed by atoms with Gasteiger partial charge in [0.2, 0.25) is 0 Å². The van der Waals surface area contributed by atoms with Crippen LogP contribution in [0.25, 0.3) is 0 Å². The Morgan fingerprint density at radius 1 is 1.18 bits per heavy atom. The fourth-order valence-electron chi connectivity index (χ4n) is 1.93. The van der Waals surface area contributed by atoms with Gasteiger partial charge in [0, 0.05) is 5.02 Å². The number of aryl methyl sites for hydroxylation is 1. The quantitative estimate of drug-likeness (QED) is 0.727. The molecule has 0 N–H and O–H groups in total. The molecule has 0 saturated heterocycles. The van der Waals surface area contributed by atoms with E-state index in [1.165, 1.54) is 16.7 Å². The van der Waals surface area contributed by atoms with Gasteiger partial charge >= 0.3 is 0 Å². The average molecular weight is 244 g/mol. The first-order valence-corrected chi connectivity index (χ1v) is 6.25. The van der Waals surface area contributed by atoms with Crippen LogP contribution in [0.2, 0.25) is 5.02 Å². The summed E-state index contributed by atoms with van der Waals surface area (Å²) in [5.74, 6) is 0.441. The molecule has 0 bridgehead atoms. The van der Waals surface area contributed by atoms with E-state index in [9.17, 15) is 0 Å². The second-order valence-electron chi connectivity index (χ2n) is 4.55. The van der Waals surface area contributed by atoms with Crippen LogP contribution in [-0.2, 0) is 6.42 Å². The maximum atomic E-state index is 5.99. The van der Waals surface area contributed by atoms with Gasteiger partial charge in [0.25, 0.3) is 0 Å². The lowest BCUT2D eigenvalue weighted by Crippen LogP contribution is -1.98. The van der Waals surface area contributed by atoms with Crippen LogP contribution in [-0.4, -0.2) is 0 Å². The van der Waals surface area contributed by atoms with Crippen LogP contribution in [0.4, 0.5) is 0 Å². The van der Waals surface area contributed by atoms with Crippen molar-refractivity contribution in [1.82, 2.24) is 0 Å². The molecule has 0 aliphatic heterocycles. The number of halogens is 1. The van der Waals surface area contributed by atoms with E-state index in [4.69, 9.17) is 11.6 Å². The maximum Gasteiger partial charge on any atom is 0.0409 e. The largest absolute Gasteiger partial charge is 0.0843 e. The summed E-state index contributed by atoms with van der Waals surface area (Å²) in [6, 6.07) is 17.7. The fraction of sp³-hybridized carbons (Fsp3) is 0.250. The molecule has 2 aromatic carbocycles. The summed E-state index contributed by atoms with van der Waals surface area (Å²) < 4.78 is 0. The van der Waals surface area contributed by atoms with E-state index in [-0.39, 0.29) is 0 Å². The molecule has 0 saturated carbocycles. The molecule has 0 aromatic heterocycles. The van der Waals surface area contributed by atoms with Gasteiger partial charge in [0.15, 0.2) is 0 Å². The first-order valence-electron chi connectivity index (χ1n) is 5.88. The minimum absolute atomic E-state index is 0.441. The number of hydrogen-bond donors (Lipinski definition) is 0. The van der Waals surface area contributed by atoms with Crippen molar-refractivity contribution in [2.24, 2.45) is 0 Å². The van der Waals surface area contributed by atoms with Crippen LogP contribution in [0, 0.1) is 13.0 Å².